The van der Waals surface area contributed by atoms with E-state index in [0.29, 0.717) is 11.6 Å². The highest BCUT2D eigenvalue weighted by Crippen LogP contribution is 2.37. The minimum absolute atomic E-state index is 0.0809. The molecular weight excluding hydrogens is 532 g/mol. The van der Waals surface area contributed by atoms with Crippen molar-refractivity contribution in [3.05, 3.63) is 89.1 Å². The van der Waals surface area contributed by atoms with Crippen molar-refractivity contribution >= 4 is 12.0 Å². The second kappa shape index (κ2) is 12.5. The van der Waals surface area contributed by atoms with Crippen molar-refractivity contribution in [1.29, 1.82) is 0 Å². The third kappa shape index (κ3) is 6.12. The van der Waals surface area contributed by atoms with E-state index in [1.165, 1.54) is 17.7 Å². The van der Waals surface area contributed by atoms with Crippen LogP contribution >= 0.6 is 0 Å². The van der Waals surface area contributed by atoms with Gasteiger partial charge in [0.25, 0.3) is 0 Å². The number of hydrogen-bond acceptors (Lipinski definition) is 6. The Bertz CT molecular complexity index is 1390. The van der Waals surface area contributed by atoms with Crippen LogP contribution in [-0.4, -0.2) is 81.7 Å². The van der Waals surface area contributed by atoms with Gasteiger partial charge in [-0.3, -0.25) is 4.90 Å². The van der Waals surface area contributed by atoms with E-state index in [1.807, 2.05) is 18.3 Å². The number of rotatable bonds is 8. The van der Waals surface area contributed by atoms with Gasteiger partial charge in [-0.1, -0.05) is 30.3 Å². The van der Waals surface area contributed by atoms with Crippen molar-refractivity contribution in [3.8, 4) is 11.6 Å². The number of amides is 2. The highest BCUT2D eigenvalue weighted by atomic mass is 16.5. The first kappa shape index (κ1) is 28.2. The Labute approximate surface area is 246 Å². The van der Waals surface area contributed by atoms with Gasteiger partial charge in [-0.15, -0.1) is 0 Å². The van der Waals surface area contributed by atoms with E-state index < -0.39 is 5.97 Å². The quantitative estimate of drug-likeness (QED) is 0.382. The summed E-state index contributed by atoms with van der Waals surface area (Å²) >= 11 is 0. The highest BCUT2D eigenvalue weighted by Gasteiger charge is 2.45. The number of hydrogen-bond donors (Lipinski definition) is 1. The van der Waals surface area contributed by atoms with E-state index in [1.54, 1.807) is 12.1 Å². The topological polar surface area (TPSA) is 95.4 Å². The summed E-state index contributed by atoms with van der Waals surface area (Å²) in [6.45, 7) is 6.89. The predicted molar refractivity (Wildman–Crippen MR) is 158 cm³/mol. The molecule has 1 aromatic heterocycles. The summed E-state index contributed by atoms with van der Waals surface area (Å²) in [6.07, 6.45) is 5.57. The molecule has 0 unspecified atom stereocenters. The molecule has 0 spiro atoms. The second-order valence-corrected chi connectivity index (χ2v) is 11.5. The van der Waals surface area contributed by atoms with Gasteiger partial charge in [0.2, 0.25) is 5.88 Å². The van der Waals surface area contributed by atoms with Gasteiger partial charge in [-0.2, -0.15) is 0 Å². The van der Waals surface area contributed by atoms with Gasteiger partial charge in [0.1, 0.15) is 5.75 Å². The molecule has 0 saturated carbocycles. The van der Waals surface area contributed by atoms with Crippen LogP contribution in [0.1, 0.15) is 58.8 Å². The molecule has 6 rings (SSSR count). The van der Waals surface area contributed by atoms with Crippen molar-refractivity contribution in [2.24, 2.45) is 0 Å². The Kier molecular flexibility index (Phi) is 8.39. The number of ether oxygens (including phenoxy) is 2. The molecule has 0 radical (unpaired) electrons. The maximum atomic E-state index is 13.9. The van der Waals surface area contributed by atoms with E-state index >= 15 is 0 Å². The Morgan fingerprint density at radius 1 is 1.00 bits per heavy atom. The number of aryl methyl sites for hydroxylation is 1. The SMILES string of the molecule is Cc1cc(Oc2ccc(C(=O)O)cc2)ncc1CN1CCC(N2C(=O)N(C3CCOCC3)C[C@H]2c2ccccc2)CC1. The monoisotopic (exact) mass is 570 g/mol. The van der Waals surface area contributed by atoms with Crippen LogP contribution in [0.4, 0.5) is 4.79 Å². The van der Waals surface area contributed by atoms with Crippen LogP contribution in [0.5, 0.6) is 11.6 Å². The Morgan fingerprint density at radius 3 is 2.38 bits per heavy atom. The van der Waals surface area contributed by atoms with E-state index in [-0.39, 0.29) is 29.7 Å². The summed E-state index contributed by atoms with van der Waals surface area (Å²) in [4.78, 5) is 36.2. The summed E-state index contributed by atoms with van der Waals surface area (Å²) in [7, 11) is 0. The fourth-order valence-corrected chi connectivity index (χ4v) is 6.45. The molecule has 3 aromatic rings. The third-order valence-electron chi connectivity index (χ3n) is 8.85. The number of carboxylic acids is 1. The zero-order valence-electron chi connectivity index (χ0n) is 24.0. The Morgan fingerprint density at radius 2 is 1.71 bits per heavy atom. The van der Waals surface area contributed by atoms with Crippen LogP contribution in [0, 0.1) is 6.92 Å². The molecule has 3 aliphatic rings. The average Bonchev–Trinajstić information content (AvgIpc) is 3.37. The van der Waals surface area contributed by atoms with Gasteiger partial charge in [-0.05, 0) is 73.6 Å². The molecular formula is C33H38N4O5. The lowest BCUT2D eigenvalue weighted by molar-refractivity contribution is 0.0493. The summed E-state index contributed by atoms with van der Waals surface area (Å²) in [5, 5.41) is 9.09. The van der Waals surface area contributed by atoms with Gasteiger partial charge in [0.05, 0.1) is 11.6 Å². The van der Waals surface area contributed by atoms with Crippen LogP contribution in [0.25, 0.3) is 0 Å². The van der Waals surface area contributed by atoms with Crippen molar-refractivity contribution in [3.63, 3.8) is 0 Å². The molecule has 0 bridgehead atoms. The van der Waals surface area contributed by atoms with Crippen LogP contribution in [-0.2, 0) is 11.3 Å². The molecule has 9 nitrogen and oxygen atoms in total. The van der Waals surface area contributed by atoms with Crippen LogP contribution in [0.2, 0.25) is 0 Å². The molecule has 2 aromatic carbocycles. The van der Waals surface area contributed by atoms with E-state index in [9.17, 15) is 9.59 Å². The fourth-order valence-electron chi connectivity index (χ4n) is 6.45. The van der Waals surface area contributed by atoms with Gasteiger partial charge < -0.3 is 24.4 Å². The highest BCUT2D eigenvalue weighted by molar-refractivity contribution is 5.87. The molecule has 4 heterocycles. The minimum atomic E-state index is -0.969. The number of carbonyl (C=O) groups excluding carboxylic acids is 1. The number of carbonyl (C=O) groups is 2. The number of nitrogens with zero attached hydrogens (tertiary/aromatic N) is 4. The number of likely N-dealkylation sites (tertiary alicyclic amines) is 1. The zero-order valence-corrected chi connectivity index (χ0v) is 24.0. The summed E-state index contributed by atoms with van der Waals surface area (Å²) in [5.74, 6) is 0.0536. The first-order chi connectivity index (χ1) is 20.5. The number of benzene rings is 2. The van der Waals surface area contributed by atoms with Crippen LogP contribution in [0.15, 0.2) is 66.9 Å². The van der Waals surface area contributed by atoms with E-state index in [0.717, 1.165) is 76.2 Å². The van der Waals surface area contributed by atoms with Crippen LogP contribution < -0.4 is 4.74 Å². The number of carboxylic acid groups (broad SMARTS) is 1. The molecule has 3 saturated heterocycles. The molecule has 9 heteroatoms. The first-order valence-electron chi connectivity index (χ1n) is 14.9. The summed E-state index contributed by atoms with van der Waals surface area (Å²) in [5.41, 5.74) is 3.67. The first-order valence-corrected chi connectivity index (χ1v) is 14.9. The van der Waals surface area contributed by atoms with Crippen molar-refractivity contribution in [2.75, 3.05) is 32.8 Å². The van der Waals surface area contributed by atoms with Gasteiger partial charge in [0, 0.05) is 63.7 Å². The number of urea groups is 1. The molecule has 0 aliphatic carbocycles. The molecule has 3 fully saturated rings. The Balaban J connectivity index is 1.08. The maximum absolute atomic E-state index is 13.9. The molecule has 1 atom stereocenters. The zero-order chi connectivity index (χ0) is 29.1. The Hall–Kier alpha value is -3.95. The van der Waals surface area contributed by atoms with Gasteiger partial charge in [0.15, 0.2) is 0 Å². The molecule has 220 valence electrons. The van der Waals surface area contributed by atoms with Crippen LogP contribution in [0.3, 0.4) is 0 Å². The third-order valence-corrected chi connectivity index (χ3v) is 8.85. The van der Waals surface area contributed by atoms with Crippen molar-refractivity contribution in [1.82, 2.24) is 19.7 Å². The molecule has 3 aliphatic heterocycles. The summed E-state index contributed by atoms with van der Waals surface area (Å²) in [6, 6.07) is 19.4. The average molecular weight is 571 g/mol. The van der Waals surface area contributed by atoms with Gasteiger partial charge >= 0.3 is 12.0 Å². The molecule has 2 amide bonds. The number of piperidine rings is 1. The normalized spacial score (nSPS) is 20.7. The lowest BCUT2D eigenvalue weighted by Gasteiger charge is -2.39. The van der Waals surface area contributed by atoms with Crippen molar-refractivity contribution < 1.29 is 24.2 Å². The largest absolute Gasteiger partial charge is 0.478 e. The second-order valence-electron chi connectivity index (χ2n) is 11.5. The predicted octanol–water partition coefficient (Wildman–Crippen LogP) is 5.50. The molecule has 42 heavy (non-hydrogen) atoms. The lowest BCUT2D eigenvalue weighted by Crippen LogP contribution is -2.48. The van der Waals surface area contributed by atoms with E-state index in [4.69, 9.17) is 14.6 Å². The smallest absolute Gasteiger partial charge is 0.335 e. The maximum Gasteiger partial charge on any atom is 0.335 e. The number of aromatic carboxylic acids is 1. The lowest BCUT2D eigenvalue weighted by atomic mass is 9.98. The van der Waals surface area contributed by atoms with E-state index in [2.05, 4.69) is 50.9 Å². The van der Waals surface area contributed by atoms with Crippen molar-refractivity contribution in [2.45, 2.75) is 57.3 Å². The van der Waals surface area contributed by atoms with Gasteiger partial charge in [-0.25, -0.2) is 14.6 Å². The minimum Gasteiger partial charge on any atom is -0.478 e. The molecule has 1 N–H and O–H groups in total. The fraction of sp³-hybridized carbons (Fsp3) is 0.424. The summed E-state index contributed by atoms with van der Waals surface area (Å²) < 4.78 is 11.4. The number of aromatic nitrogens is 1. The number of pyridine rings is 1. The standard InChI is InChI=1S/C33H38N4O5/c1-23-19-31(42-29-9-7-25(8-10-29)32(38)39)34-20-26(23)21-35-15-11-28(12-16-35)37-30(24-5-3-2-4-6-24)22-36(33(37)40)27-13-17-41-18-14-27/h2-10,19-20,27-28,30H,11-18,21-22H2,1H3,(H,38,39)/t30-/m0/s1.